The average Bonchev–Trinajstić information content (AvgIpc) is 3.16. The summed E-state index contributed by atoms with van der Waals surface area (Å²) in [5.74, 6) is -0.167. The van der Waals surface area contributed by atoms with Crippen molar-refractivity contribution in [2.75, 3.05) is 0 Å². The maximum atomic E-state index is 11.5. The van der Waals surface area contributed by atoms with Crippen molar-refractivity contribution in [2.45, 2.75) is 37.8 Å². The molecule has 22 heavy (non-hydrogen) atoms. The van der Waals surface area contributed by atoms with E-state index in [-0.39, 0.29) is 0 Å². The number of nitrogens with one attached hydrogen (secondary N) is 1. The number of carboxylic acids is 1. The predicted octanol–water partition coefficient (Wildman–Crippen LogP) is 3.48. The Labute approximate surface area is 133 Å². The lowest BCUT2D eigenvalue weighted by Gasteiger charge is -2.24. The van der Waals surface area contributed by atoms with Crippen molar-refractivity contribution in [1.82, 2.24) is 10.5 Å². The molecule has 6 heteroatoms. The first-order chi connectivity index (χ1) is 10.6. The van der Waals surface area contributed by atoms with Crippen molar-refractivity contribution in [3.8, 4) is 11.3 Å². The molecule has 5 nitrogen and oxygen atoms in total. The number of carbonyl (C=O) groups is 1. The molecule has 116 valence electrons. The Kier molecular flexibility index (Phi) is 4.18. The van der Waals surface area contributed by atoms with Gasteiger partial charge in [-0.3, -0.25) is 10.1 Å². The molecular formula is C16H17ClN2O3. The zero-order valence-corrected chi connectivity index (χ0v) is 12.8. The molecule has 0 atom stereocenters. The van der Waals surface area contributed by atoms with E-state index in [1.165, 1.54) is 0 Å². The summed E-state index contributed by atoms with van der Waals surface area (Å²) >= 11 is 5.86. The van der Waals surface area contributed by atoms with E-state index in [4.69, 9.17) is 16.1 Å². The summed E-state index contributed by atoms with van der Waals surface area (Å²) in [7, 11) is 0. The van der Waals surface area contributed by atoms with E-state index in [0.717, 1.165) is 18.4 Å². The summed E-state index contributed by atoms with van der Waals surface area (Å²) in [4.78, 5) is 11.5. The molecule has 0 unspecified atom stereocenters. The van der Waals surface area contributed by atoms with Gasteiger partial charge in [-0.15, -0.1) is 0 Å². The van der Waals surface area contributed by atoms with Crippen molar-refractivity contribution in [2.24, 2.45) is 0 Å². The first kappa shape index (κ1) is 15.1. The van der Waals surface area contributed by atoms with Crippen LogP contribution in [-0.4, -0.2) is 21.8 Å². The fourth-order valence-electron chi connectivity index (χ4n) is 2.85. The number of carboxylic acid groups (broad SMARTS) is 1. The summed E-state index contributed by atoms with van der Waals surface area (Å²) in [6.07, 6.45) is 3.18. The fourth-order valence-corrected chi connectivity index (χ4v) is 2.98. The molecule has 1 saturated carbocycles. The molecule has 0 amide bonds. The molecule has 0 saturated heterocycles. The number of hydrogen-bond acceptors (Lipinski definition) is 4. The van der Waals surface area contributed by atoms with Gasteiger partial charge in [-0.2, -0.15) is 0 Å². The van der Waals surface area contributed by atoms with Gasteiger partial charge in [0.1, 0.15) is 11.2 Å². The number of hydrogen-bond donors (Lipinski definition) is 2. The van der Waals surface area contributed by atoms with E-state index < -0.39 is 11.5 Å². The summed E-state index contributed by atoms with van der Waals surface area (Å²) in [6, 6.07) is 9.14. The van der Waals surface area contributed by atoms with Gasteiger partial charge >= 0.3 is 5.97 Å². The number of aliphatic carboxylic acids is 1. The first-order valence-corrected chi connectivity index (χ1v) is 7.67. The van der Waals surface area contributed by atoms with Gasteiger partial charge in [-0.25, -0.2) is 0 Å². The highest BCUT2D eigenvalue weighted by Crippen LogP contribution is 2.30. The van der Waals surface area contributed by atoms with E-state index in [1.807, 2.05) is 18.2 Å². The van der Waals surface area contributed by atoms with E-state index in [2.05, 4.69) is 10.5 Å². The molecular weight excluding hydrogens is 304 g/mol. The van der Waals surface area contributed by atoms with Crippen LogP contribution in [-0.2, 0) is 11.3 Å². The Morgan fingerprint density at radius 3 is 2.64 bits per heavy atom. The fraction of sp³-hybridized carbons (Fsp3) is 0.375. The third kappa shape index (κ3) is 3.00. The lowest BCUT2D eigenvalue weighted by Crippen LogP contribution is -2.49. The zero-order valence-electron chi connectivity index (χ0n) is 12.0. The summed E-state index contributed by atoms with van der Waals surface area (Å²) in [5, 5.41) is 17.2. The third-order valence-corrected chi connectivity index (χ3v) is 4.42. The molecule has 0 radical (unpaired) electrons. The maximum absolute atomic E-state index is 11.5. The summed E-state index contributed by atoms with van der Waals surface area (Å²) in [5.41, 5.74) is 0.796. The molecule has 1 aliphatic rings. The van der Waals surface area contributed by atoms with Crippen LogP contribution in [0.4, 0.5) is 0 Å². The molecule has 2 N–H and O–H groups in total. The van der Waals surface area contributed by atoms with E-state index in [0.29, 0.717) is 35.9 Å². The molecule has 0 bridgehead atoms. The highest BCUT2D eigenvalue weighted by atomic mass is 35.5. The lowest BCUT2D eigenvalue weighted by atomic mass is 9.98. The second kappa shape index (κ2) is 6.10. The van der Waals surface area contributed by atoms with Gasteiger partial charge in [0.15, 0.2) is 5.76 Å². The van der Waals surface area contributed by atoms with Crippen LogP contribution in [0.5, 0.6) is 0 Å². The van der Waals surface area contributed by atoms with Crippen molar-refractivity contribution in [3.63, 3.8) is 0 Å². The number of aromatic nitrogens is 1. The Morgan fingerprint density at radius 1 is 1.32 bits per heavy atom. The van der Waals surface area contributed by atoms with Crippen LogP contribution in [0.15, 0.2) is 34.9 Å². The van der Waals surface area contributed by atoms with Crippen LogP contribution >= 0.6 is 11.6 Å². The van der Waals surface area contributed by atoms with Crippen LogP contribution in [0.2, 0.25) is 5.02 Å². The average molecular weight is 321 g/mol. The Morgan fingerprint density at radius 2 is 2.00 bits per heavy atom. The predicted molar refractivity (Wildman–Crippen MR) is 82.6 cm³/mol. The van der Waals surface area contributed by atoms with Crippen molar-refractivity contribution in [1.29, 1.82) is 0 Å². The topological polar surface area (TPSA) is 75.4 Å². The van der Waals surface area contributed by atoms with Gasteiger partial charge in [0.25, 0.3) is 0 Å². The second-order valence-corrected chi connectivity index (χ2v) is 6.07. The van der Waals surface area contributed by atoms with E-state index >= 15 is 0 Å². The standard InChI is InChI=1S/C16H17ClN2O3/c17-12-5-3-11(4-6-12)14-9-13(22-19-14)10-18-16(15(20)21)7-1-2-8-16/h3-6,9,18H,1-2,7-8,10H2,(H,20,21). The minimum absolute atomic E-state index is 0.354. The smallest absolute Gasteiger partial charge is 0.323 e. The van der Waals surface area contributed by atoms with Crippen LogP contribution in [0, 0.1) is 0 Å². The molecule has 1 aromatic carbocycles. The largest absolute Gasteiger partial charge is 0.480 e. The SMILES string of the molecule is O=C(O)C1(NCc2cc(-c3ccc(Cl)cc3)no2)CCCC1. The van der Waals surface area contributed by atoms with Gasteiger partial charge in [0.05, 0.1) is 6.54 Å². The Balaban J connectivity index is 1.69. The van der Waals surface area contributed by atoms with Gasteiger partial charge < -0.3 is 9.63 Å². The molecule has 1 aromatic heterocycles. The van der Waals surface area contributed by atoms with E-state index in [1.54, 1.807) is 12.1 Å². The maximum Gasteiger partial charge on any atom is 0.323 e. The zero-order chi connectivity index (χ0) is 15.6. The highest BCUT2D eigenvalue weighted by molar-refractivity contribution is 6.30. The lowest BCUT2D eigenvalue weighted by molar-refractivity contribution is -0.144. The number of nitrogens with zero attached hydrogens (tertiary/aromatic N) is 1. The first-order valence-electron chi connectivity index (χ1n) is 7.29. The van der Waals surface area contributed by atoms with Crippen LogP contribution < -0.4 is 5.32 Å². The molecule has 1 fully saturated rings. The van der Waals surface area contributed by atoms with Crippen molar-refractivity contribution >= 4 is 17.6 Å². The minimum atomic E-state index is -0.826. The van der Waals surface area contributed by atoms with Gasteiger partial charge in [-0.05, 0) is 25.0 Å². The molecule has 2 aromatic rings. The number of rotatable bonds is 5. The van der Waals surface area contributed by atoms with E-state index in [9.17, 15) is 9.90 Å². The second-order valence-electron chi connectivity index (χ2n) is 5.63. The van der Waals surface area contributed by atoms with Crippen LogP contribution in [0.1, 0.15) is 31.4 Å². The molecule has 0 spiro atoms. The Hall–Kier alpha value is -1.85. The third-order valence-electron chi connectivity index (χ3n) is 4.17. The molecule has 3 rings (SSSR count). The number of benzene rings is 1. The molecule has 1 heterocycles. The van der Waals surface area contributed by atoms with Crippen LogP contribution in [0.25, 0.3) is 11.3 Å². The van der Waals surface area contributed by atoms with Gasteiger partial charge in [-0.1, -0.05) is 41.7 Å². The highest BCUT2D eigenvalue weighted by Gasteiger charge is 2.40. The summed E-state index contributed by atoms with van der Waals surface area (Å²) < 4.78 is 5.30. The minimum Gasteiger partial charge on any atom is -0.480 e. The normalized spacial score (nSPS) is 16.8. The quantitative estimate of drug-likeness (QED) is 0.882. The van der Waals surface area contributed by atoms with Crippen molar-refractivity contribution in [3.05, 3.63) is 41.1 Å². The molecule has 1 aliphatic carbocycles. The monoisotopic (exact) mass is 320 g/mol. The van der Waals surface area contributed by atoms with Crippen LogP contribution in [0.3, 0.4) is 0 Å². The molecule has 0 aliphatic heterocycles. The Bertz CT molecular complexity index is 660. The summed E-state index contributed by atoms with van der Waals surface area (Å²) in [6.45, 7) is 0.354. The number of halogens is 1. The van der Waals surface area contributed by atoms with Gasteiger partial charge in [0.2, 0.25) is 0 Å². The van der Waals surface area contributed by atoms with Crippen molar-refractivity contribution < 1.29 is 14.4 Å². The van der Waals surface area contributed by atoms with Gasteiger partial charge in [0, 0.05) is 16.7 Å².